The van der Waals surface area contributed by atoms with Crippen LogP contribution in [0.5, 0.6) is 0 Å². The number of halogens is 2. The van der Waals surface area contributed by atoms with Gasteiger partial charge < -0.3 is 4.74 Å². The van der Waals surface area contributed by atoms with E-state index in [1.165, 1.54) is 0 Å². The van der Waals surface area contributed by atoms with Gasteiger partial charge in [-0.05, 0) is 0 Å². The number of alkyl halides is 2. The van der Waals surface area contributed by atoms with Crippen LogP contribution in [0.3, 0.4) is 0 Å². The lowest BCUT2D eigenvalue weighted by molar-refractivity contribution is 0.130. The van der Waals surface area contributed by atoms with Crippen LogP contribution in [0, 0.1) is 0 Å². The van der Waals surface area contributed by atoms with Crippen molar-refractivity contribution >= 4 is 23.2 Å². The molecule has 1 rings (SSSR count). The summed E-state index contributed by atoms with van der Waals surface area (Å²) in [4.78, 5) is 0. The van der Waals surface area contributed by atoms with Crippen LogP contribution in [0.15, 0.2) is 0 Å². The third-order valence-corrected chi connectivity index (χ3v) is 1.20. The molecule has 0 radical (unpaired) electrons. The molecule has 0 spiro atoms. The molecule has 0 aromatic rings. The van der Waals surface area contributed by atoms with Crippen molar-refractivity contribution in [3.63, 3.8) is 0 Å². The Morgan fingerprint density at radius 2 is 2.29 bits per heavy atom. The lowest BCUT2D eigenvalue weighted by Crippen LogP contribution is -2.27. The molecule has 0 saturated carbocycles. The highest BCUT2D eigenvalue weighted by molar-refractivity contribution is 6.46. The molecule has 0 aromatic carbocycles. The van der Waals surface area contributed by atoms with E-state index in [-0.39, 0.29) is 0 Å². The van der Waals surface area contributed by atoms with Crippen LogP contribution in [-0.2, 0) is 4.74 Å². The molecule has 1 saturated heterocycles. The first kappa shape index (κ1) is 5.63. The van der Waals surface area contributed by atoms with E-state index in [1.54, 1.807) is 0 Å². The quantitative estimate of drug-likeness (QED) is 0.397. The van der Waals surface area contributed by atoms with Gasteiger partial charge in [0.15, 0.2) is 0 Å². The molecule has 1 aliphatic heterocycles. The summed E-state index contributed by atoms with van der Waals surface area (Å²) in [5, 5.41) is 2.70. The average molecular weight is 142 g/mol. The minimum atomic E-state index is -1.11. The van der Waals surface area contributed by atoms with Gasteiger partial charge in [-0.25, -0.2) is 0 Å². The van der Waals surface area contributed by atoms with Gasteiger partial charge in [0.25, 0.3) is 4.64 Å². The van der Waals surface area contributed by atoms with Gasteiger partial charge in [-0.1, -0.05) is 23.2 Å². The van der Waals surface area contributed by atoms with Crippen LogP contribution in [0.25, 0.3) is 0 Å². The molecule has 0 unspecified atom stereocenters. The summed E-state index contributed by atoms with van der Waals surface area (Å²) < 4.78 is 3.65. The van der Waals surface area contributed by atoms with Crippen LogP contribution in [0.2, 0.25) is 0 Å². The Labute approximate surface area is 51.7 Å². The van der Waals surface area contributed by atoms with E-state index >= 15 is 0 Å². The third-order valence-electron chi connectivity index (χ3n) is 0.716. The Morgan fingerprint density at radius 1 is 1.57 bits per heavy atom. The zero-order valence-corrected chi connectivity index (χ0v) is 5.09. The van der Waals surface area contributed by atoms with Crippen molar-refractivity contribution in [3.05, 3.63) is 0 Å². The fraction of sp³-hybridized carbons (Fsp3) is 1.00. The van der Waals surface area contributed by atoms with E-state index in [4.69, 9.17) is 27.9 Å². The molecule has 0 aromatic heterocycles. The van der Waals surface area contributed by atoms with Gasteiger partial charge in [0, 0.05) is 6.54 Å². The van der Waals surface area contributed by atoms with Crippen LogP contribution in [-0.4, -0.2) is 17.8 Å². The monoisotopic (exact) mass is 141 g/mol. The first-order valence-corrected chi connectivity index (χ1v) is 2.73. The summed E-state index contributed by atoms with van der Waals surface area (Å²) >= 11 is 10.8. The molecule has 1 fully saturated rings. The maximum Gasteiger partial charge on any atom is 0.276 e. The van der Waals surface area contributed by atoms with Crippen LogP contribution in [0.4, 0.5) is 0 Å². The molecule has 0 amide bonds. The molecule has 2 nitrogen and oxygen atoms in total. The minimum Gasteiger partial charge on any atom is -0.333 e. The zero-order chi connectivity index (χ0) is 5.33. The Bertz CT molecular complexity index is 67.3. The van der Waals surface area contributed by atoms with Crippen molar-refractivity contribution in [2.75, 3.05) is 13.2 Å². The molecule has 1 aliphatic rings. The Morgan fingerprint density at radius 3 is 2.43 bits per heavy atom. The summed E-state index contributed by atoms with van der Waals surface area (Å²) in [6.07, 6.45) is 0. The van der Waals surface area contributed by atoms with Crippen LogP contribution >= 0.6 is 23.2 Å². The predicted molar refractivity (Wildman–Crippen MR) is 28.4 cm³/mol. The van der Waals surface area contributed by atoms with Gasteiger partial charge in [-0.3, -0.25) is 5.32 Å². The van der Waals surface area contributed by atoms with Crippen molar-refractivity contribution in [1.82, 2.24) is 5.32 Å². The lowest BCUT2D eigenvalue weighted by atomic mass is 10.7. The fourth-order valence-electron chi connectivity index (χ4n) is 0.427. The highest BCUT2D eigenvalue weighted by atomic mass is 35.5. The van der Waals surface area contributed by atoms with Gasteiger partial charge in [0.05, 0.1) is 6.61 Å². The predicted octanol–water partition coefficient (Wildman–Crippen LogP) is 0.695. The summed E-state index contributed by atoms with van der Waals surface area (Å²) in [5.41, 5.74) is 0. The largest absolute Gasteiger partial charge is 0.333 e. The van der Waals surface area contributed by atoms with E-state index in [9.17, 15) is 0 Å². The number of nitrogens with one attached hydrogen (secondary N) is 1. The van der Waals surface area contributed by atoms with Gasteiger partial charge in [0.2, 0.25) is 0 Å². The standard InChI is InChI=1S/C3H5Cl2NO/c4-3(5)6-1-2-7-3/h6H,1-2H2. The summed E-state index contributed by atoms with van der Waals surface area (Å²) in [6.45, 7) is 1.32. The Kier molecular flexibility index (Phi) is 1.44. The molecule has 0 aliphatic carbocycles. The lowest BCUT2D eigenvalue weighted by Gasteiger charge is -2.08. The molecular weight excluding hydrogens is 137 g/mol. The van der Waals surface area contributed by atoms with Crippen molar-refractivity contribution in [2.24, 2.45) is 0 Å². The van der Waals surface area contributed by atoms with Gasteiger partial charge in [0.1, 0.15) is 0 Å². The summed E-state index contributed by atoms with van der Waals surface area (Å²) in [6, 6.07) is 0. The maximum absolute atomic E-state index is 5.40. The molecule has 42 valence electrons. The SMILES string of the molecule is ClC1(Cl)NCCO1. The van der Waals surface area contributed by atoms with E-state index < -0.39 is 4.64 Å². The van der Waals surface area contributed by atoms with Crippen molar-refractivity contribution in [1.29, 1.82) is 0 Å². The normalized spacial score (nSPS) is 28.3. The second-order valence-electron chi connectivity index (χ2n) is 1.29. The van der Waals surface area contributed by atoms with Crippen molar-refractivity contribution in [2.45, 2.75) is 4.64 Å². The summed E-state index contributed by atoms with van der Waals surface area (Å²) in [5.74, 6) is 0. The number of hydrogen-bond acceptors (Lipinski definition) is 2. The smallest absolute Gasteiger partial charge is 0.276 e. The number of hydrogen-bond donors (Lipinski definition) is 1. The second kappa shape index (κ2) is 1.78. The molecule has 1 N–H and O–H groups in total. The topological polar surface area (TPSA) is 21.3 Å². The summed E-state index contributed by atoms with van der Waals surface area (Å²) in [7, 11) is 0. The van der Waals surface area contributed by atoms with E-state index in [2.05, 4.69) is 5.32 Å². The molecule has 1 heterocycles. The fourth-order valence-corrected chi connectivity index (χ4v) is 0.770. The van der Waals surface area contributed by atoms with Crippen molar-refractivity contribution in [3.8, 4) is 0 Å². The van der Waals surface area contributed by atoms with Gasteiger partial charge in [-0.15, -0.1) is 0 Å². The first-order valence-electron chi connectivity index (χ1n) is 1.97. The minimum absolute atomic E-state index is 0.590. The first-order chi connectivity index (χ1) is 3.21. The maximum atomic E-state index is 5.40. The highest BCUT2D eigenvalue weighted by Crippen LogP contribution is 2.21. The average Bonchev–Trinajstić information content (AvgIpc) is 1.84. The third kappa shape index (κ3) is 1.46. The van der Waals surface area contributed by atoms with Crippen LogP contribution < -0.4 is 5.32 Å². The molecule has 0 atom stereocenters. The molecule has 0 bridgehead atoms. The van der Waals surface area contributed by atoms with E-state index in [0.29, 0.717) is 6.61 Å². The highest BCUT2D eigenvalue weighted by Gasteiger charge is 2.28. The van der Waals surface area contributed by atoms with E-state index in [0.717, 1.165) is 6.54 Å². The number of ether oxygens (including phenoxy) is 1. The Balaban J connectivity index is 2.40. The van der Waals surface area contributed by atoms with Crippen LogP contribution in [0.1, 0.15) is 0 Å². The molecular formula is C3H5Cl2NO. The second-order valence-corrected chi connectivity index (χ2v) is 2.55. The van der Waals surface area contributed by atoms with Gasteiger partial charge in [-0.2, -0.15) is 0 Å². The number of rotatable bonds is 0. The van der Waals surface area contributed by atoms with Crippen molar-refractivity contribution < 1.29 is 4.74 Å². The van der Waals surface area contributed by atoms with E-state index in [1.807, 2.05) is 0 Å². The Hall–Kier alpha value is 0.500. The molecule has 7 heavy (non-hydrogen) atoms. The zero-order valence-electron chi connectivity index (χ0n) is 3.58. The van der Waals surface area contributed by atoms with Gasteiger partial charge >= 0.3 is 0 Å². The molecule has 4 heteroatoms.